The lowest BCUT2D eigenvalue weighted by Crippen LogP contribution is -2.40. The van der Waals surface area contributed by atoms with Crippen LogP contribution in [0.15, 0.2) is 0 Å². The summed E-state index contributed by atoms with van der Waals surface area (Å²) in [6, 6.07) is 0.499. The van der Waals surface area contributed by atoms with Gasteiger partial charge in [-0.05, 0) is 24.7 Å². The van der Waals surface area contributed by atoms with E-state index in [1.165, 1.54) is 32.1 Å². The fourth-order valence-corrected chi connectivity index (χ4v) is 2.36. The van der Waals surface area contributed by atoms with E-state index in [0.717, 1.165) is 11.8 Å². The van der Waals surface area contributed by atoms with Gasteiger partial charge in [0, 0.05) is 6.04 Å². The second-order valence-corrected chi connectivity index (χ2v) is 3.84. The van der Waals surface area contributed by atoms with Gasteiger partial charge in [-0.3, -0.25) is 0 Å². The third-order valence-electron chi connectivity index (χ3n) is 3.29. The average Bonchev–Trinajstić information content (AvgIpc) is 2.05. The molecule has 0 aromatic heterocycles. The molecule has 1 aliphatic carbocycles. The van der Waals surface area contributed by atoms with Gasteiger partial charge in [-0.1, -0.05) is 33.1 Å². The fraction of sp³-hybridized carbons (Fsp3) is 1.00. The van der Waals surface area contributed by atoms with Crippen molar-refractivity contribution >= 4 is 0 Å². The molecule has 0 saturated heterocycles. The van der Waals surface area contributed by atoms with Gasteiger partial charge in [-0.25, -0.2) is 0 Å². The molecule has 0 amide bonds. The van der Waals surface area contributed by atoms with Crippen molar-refractivity contribution in [3.8, 4) is 0 Å². The zero-order valence-electron chi connectivity index (χ0n) is 7.84. The Morgan fingerprint density at radius 2 is 1.55 bits per heavy atom. The molecular weight excluding hydrogens is 134 g/mol. The molecule has 11 heavy (non-hydrogen) atoms. The molecule has 2 N–H and O–H groups in total. The van der Waals surface area contributed by atoms with E-state index in [2.05, 4.69) is 13.8 Å². The summed E-state index contributed by atoms with van der Waals surface area (Å²) in [5, 5.41) is 0. The smallest absolute Gasteiger partial charge is 0.00954 e. The molecule has 0 heterocycles. The van der Waals surface area contributed by atoms with Gasteiger partial charge in [-0.15, -0.1) is 0 Å². The Morgan fingerprint density at radius 1 is 1.09 bits per heavy atom. The summed E-state index contributed by atoms with van der Waals surface area (Å²) in [6.07, 6.45) is 6.70. The first-order chi connectivity index (χ1) is 5.29. The fourth-order valence-electron chi connectivity index (χ4n) is 2.36. The van der Waals surface area contributed by atoms with Crippen molar-refractivity contribution in [2.75, 3.05) is 0 Å². The predicted molar refractivity (Wildman–Crippen MR) is 49.4 cm³/mol. The number of rotatable bonds is 2. The first-order valence-corrected chi connectivity index (χ1v) is 5.05. The Bertz CT molecular complexity index is 99.4. The van der Waals surface area contributed by atoms with Crippen molar-refractivity contribution < 1.29 is 0 Å². The number of nitrogens with two attached hydrogens (primary N) is 1. The normalized spacial score (nSPS) is 39.0. The average molecular weight is 155 g/mol. The topological polar surface area (TPSA) is 26.0 Å². The molecule has 0 bridgehead atoms. The lowest BCUT2D eigenvalue weighted by molar-refractivity contribution is 0.210. The molecule has 0 aliphatic heterocycles. The molecule has 1 heteroatoms. The molecule has 1 nitrogen and oxygen atoms in total. The highest BCUT2D eigenvalue weighted by molar-refractivity contribution is 4.83. The van der Waals surface area contributed by atoms with Crippen molar-refractivity contribution in [2.45, 2.75) is 52.0 Å². The van der Waals surface area contributed by atoms with Crippen LogP contribution in [0.4, 0.5) is 0 Å². The summed E-state index contributed by atoms with van der Waals surface area (Å²) >= 11 is 0. The van der Waals surface area contributed by atoms with Crippen LogP contribution in [-0.4, -0.2) is 6.04 Å². The molecule has 0 radical (unpaired) electrons. The Labute approximate surface area is 70.4 Å². The summed E-state index contributed by atoms with van der Waals surface area (Å²) in [7, 11) is 0. The summed E-state index contributed by atoms with van der Waals surface area (Å²) in [5.41, 5.74) is 6.14. The van der Waals surface area contributed by atoms with Crippen LogP contribution in [0.25, 0.3) is 0 Å². The second kappa shape index (κ2) is 4.10. The highest BCUT2D eigenvalue weighted by Crippen LogP contribution is 2.31. The predicted octanol–water partition coefficient (Wildman–Crippen LogP) is 2.55. The Hall–Kier alpha value is -0.0400. The van der Waals surface area contributed by atoms with Gasteiger partial charge in [0.1, 0.15) is 0 Å². The standard InChI is InChI=1S/C10H21N/c1-3-8-6-5-7-9(4-2)10(8)11/h8-10H,3-7,11H2,1-2H3. The maximum absolute atomic E-state index is 6.14. The van der Waals surface area contributed by atoms with Gasteiger partial charge < -0.3 is 5.73 Å². The highest BCUT2D eigenvalue weighted by atomic mass is 14.7. The van der Waals surface area contributed by atoms with E-state index in [0.29, 0.717) is 6.04 Å². The molecule has 1 fully saturated rings. The number of hydrogen-bond donors (Lipinski definition) is 1. The monoisotopic (exact) mass is 155 g/mol. The molecule has 1 saturated carbocycles. The first-order valence-electron chi connectivity index (χ1n) is 5.05. The van der Waals surface area contributed by atoms with Gasteiger partial charge >= 0.3 is 0 Å². The minimum absolute atomic E-state index is 0.499. The zero-order valence-corrected chi connectivity index (χ0v) is 7.84. The van der Waals surface area contributed by atoms with E-state index in [-0.39, 0.29) is 0 Å². The summed E-state index contributed by atoms with van der Waals surface area (Å²) in [5.74, 6) is 1.63. The zero-order chi connectivity index (χ0) is 8.27. The molecule has 0 aromatic carbocycles. The minimum Gasteiger partial charge on any atom is -0.327 e. The maximum atomic E-state index is 6.14. The van der Waals surface area contributed by atoms with Crippen molar-refractivity contribution in [1.82, 2.24) is 0 Å². The molecular formula is C10H21N. The van der Waals surface area contributed by atoms with Crippen LogP contribution in [0, 0.1) is 11.8 Å². The van der Waals surface area contributed by atoms with Crippen LogP contribution < -0.4 is 5.73 Å². The van der Waals surface area contributed by atoms with Crippen molar-refractivity contribution in [3.63, 3.8) is 0 Å². The van der Waals surface area contributed by atoms with Crippen molar-refractivity contribution in [1.29, 1.82) is 0 Å². The Kier molecular flexibility index (Phi) is 3.38. The van der Waals surface area contributed by atoms with E-state index in [9.17, 15) is 0 Å². The lowest BCUT2D eigenvalue weighted by Gasteiger charge is -2.34. The van der Waals surface area contributed by atoms with E-state index in [4.69, 9.17) is 5.73 Å². The van der Waals surface area contributed by atoms with Gasteiger partial charge in [-0.2, -0.15) is 0 Å². The van der Waals surface area contributed by atoms with E-state index in [1.807, 2.05) is 0 Å². The largest absolute Gasteiger partial charge is 0.327 e. The summed E-state index contributed by atoms with van der Waals surface area (Å²) in [4.78, 5) is 0. The first kappa shape index (κ1) is 9.05. The summed E-state index contributed by atoms with van der Waals surface area (Å²) in [6.45, 7) is 4.53. The number of hydrogen-bond acceptors (Lipinski definition) is 1. The maximum Gasteiger partial charge on any atom is 0.00954 e. The molecule has 2 atom stereocenters. The Morgan fingerprint density at radius 3 is 1.91 bits per heavy atom. The van der Waals surface area contributed by atoms with Crippen LogP contribution in [-0.2, 0) is 0 Å². The van der Waals surface area contributed by atoms with Gasteiger partial charge in [0.25, 0.3) is 0 Å². The SMILES string of the molecule is CCC1CCCC(CC)C1N. The molecule has 0 aromatic rings. The van der Waals surface area contributed by atoms with Crippen LogP contribution in [0.2, 0.25) is 0 Å². The van der Waals surface area contributed by atoms with Crippen molar-refractivity contribution in [3.05, 3.63) is 0 Å². The molecule has 1 aliphatic rings. The summed E-state index contributed by atoms with van der Waals surface area (Å²) < 4.78 is 0. The lowest BCUT2D eigenvalue weighted by atomic mass is 9.75. The minimum atomic E-state index is 0.499. The van der Waals surface area contributed by atoms with Crippen LogP contribution >= 0.6 is 0 Å². The van der Waals surface area contributed by atoms with Crippen molar-refractivity contribution in [2.24, 2.45) is 17.6 Å². The third kappa shape index (κ3) is 1.96. The molecule has 2 unspecified atom stereocenters. The van der Waals surface area contributed by atoms with Gasteiger partial charge in [0.15, 0.2) is 0 Å². The van der Waals surface area contributed by atoms with E-state index < -0.39 is 0 Å². The van der Waals surface area contributed by atoms with Gasteiger partial charge in [0.05, 0.1) is 0 Å². The van der Waals surface area contributed by atoms with E-state index >= 15 is 0 Å². The van der Waals surface area contributed by atoms with Crippen LogP contribution in [0.5, 0.6) is 0 Å². The molecule has 1 rings (SSSR count). The van der Waals surface area contributed by atoms with Crippen LogP contribution in [0.1, 0.15) is 46.0 Å². The van der Waals surface area contributed by atoms with Gasteiger partial charge in [0.2, 0.25) is 0 Å². The molecule has 0 spiro atoms. The van der Waals surface area contributed by atoms with E-state index in [1.54, 1.807) is 0 Å². The van der Waals surface area contributed by atoms with Crippen LogP contribution in [0.3, 0.4) is 0 Å². The second-order valence-electron chi connectivity index (χ2n) is 3.84. The third-order valence-corrected chi connectivity index (χ3v) is 3.29. The quantitative estimate of drug-likeness (QED) is 0.651. The Balaban J connectivity index is 2.45. The highest BCUT2D eigenvalue weighted by Gasteiger charge is 2.27. The molecule has 66 valence electrons.